The molecular formula is C20H20N4O2. The van der Waals surface area contributed by atoms with Crippen molar-refractivity contribution in [1.29, 1.82) is 0 Å². The average Bonchev–Trinajstić information content (AvgIpc) is 2.97. The van der Waals surface area contributed by atoms with Crippen molar-refractivity contribution in [2.75, 3.05) is 5.32 Å². The number of aryl methyl sites for hydroxylation is 3. The summed E-state index contributed by atoms with van der Waals surface area (Å²) < 4.78 is 0. The highest BCUT2D eigenvalue weighted by Crippen LogP contribution is 2.16. The Morgan fingerprint density at radius 1 is 0.962 bits per heavy atom. The molecule has 3 aromatic rings. The zero-order valence-electron chi connectivity index (χ0n) is 15.2. The van der Waals surface area contributed by atoms with Crippen LogP contribution in [0.1, 0.15) is 44.6 Å². The monoisotopic (exact) mass is 348 g/mol. The predicted octanol–water partition coefficient (Wildman–Crippen LogP) is 3.65. The number of aromatic nitrogens is 3. The van der Waals surface area contributed by atoms with E-state index < -0.39 is 0 Å². The maximum atomic E-state index is 12.5. The minimum atomic E-state index is -0.339. The van der Waals surface area contributed by atoms with Gasteiger partial charge in [0.15, 0.2) is 11.5 Å². The van der Waals surface area contributed by atoms with Crippen LogP contribution in [0.15, 0.2) is 42.5 Å². The Hall–Kier alpha value is -3.28. The zero-order chi connectivity index (χ0) is 18.8. The molecule has 6 heteroatoms. The maximum absolute atomic E-state index is 12.5. The van der Waals surface area contributed by atoms with Gasteiger partial charge < -0.3 is 5.32 Å². The number of carbonyl (C=O) groups excluding carboxylic acids is 2. The first-order valence-corrected chi connectivity index (χ1v) is 8.29. The van der Waals surface area contributed by atoms with Crippen molar-refractivity contribution in [2.24, 2.45) is 0 Å². The molecule has 0 saturated heterocycles. The molecule has 1 aromatic heterocycles. The molecule has 0 atom stereocenters. The Morgan fingerprint density at radius 2 is 1.65 bits per heavy atom. The number of rotatable bonds is 4. The lowest BCUT2D eigenvalue weighted by atomic mass is 10.1. The molecule has 0 aliphatic heterocycles. The molecule has 0 aliphatic rings. The number of ketones is 1. The summed E-state index contributed by atoms with van der Waals surface area (Å²) in [6.07, 6.45) is 0. The Kier molecular flexibility index (Phi) is 4.67. The summed E-state index contributed by atoms with van der Waals surface area (Å²) in [6, 6.07) is 12.7. The molecule has 1 amide bonds. The predicted molar refractivity (Wildman–Crippen MR) is 100.0 cm³/mol. The van der Waals surface area contributed by atoms with Crippen LogP contribution in [-0.4, -0.2) is 26.7 Å². The molecule has 26 heavy (non-hydrogen) atoms. The second kappa shape index (κ2) is 6.92. The molecule has 0 fully saturated rings. The lowest BCUT2D eigenvalue weighted by molar-refractivity contribution is 0.101. The summed E-state index contributed by atoms with van der Waals surface area (Å²) in [4.78, 5) is 25.4. The Labute approximate surface area is 151 Å². The molecule has 6 nitrogen and oxygen atoms in total. The van der Waals surface area contributed by atoms with E-state index in [0.29, 0.717) is 16.9 Å². The summed E-state index contributed by atoms with van der Waals surface area (Å²) in [7, 11) is 0. The Bertz CT molecular complexity index is 988. The van der Waals surface area contributed by atoms with Crippen molar-refractivity contribution in [3.05, 3.63) is 70.5 Å². The second-order valence-corrected chi connectivity index (χ2v) is 6.30. The number of hydrogen-bond acceptors (Lipinski definition) is 4. The SMILES string of the molecule is CC(=O)c1ccc(NC(=O)c2nn(-c3ccc(C)cc3C)nc2C)cc1. The molecule has 132 valence electrons. The summed E-state index contributed by atoms with van der Waals surface area (Å²) in [6.45, 7) is 7.26. The van der Waals surface area contributed by atoms with E-state index in [9.17, 15) is 9.59 Å². The second-order valence-electron chi connectivity index (χ2n) is 6.30. The summed E-state index contributed by atoms with van der Waals surface area (Å²) in [5.41, 5.74) is 5.03. The molecule has 0 radical (unpaired) electrons. The van der Waals surface area contributed by atoms with E-state index in [0.717, 1.165) is 16.8 Å². The molecule has 0 spiro atoms. The standard InChI is InChI=1S/C20H20N4O2/c1-12-5-10-18(13(2)11-12)24-22-14(3)19(23-24)20(26)21-17-8-6-16(7-9-17)15(4)25/h5-11H,1-4H3,(H,21,26). The molecule has 2 aromatic carbocycles. The molecule has 1 heterocycles. The van der Waals surface area contributed by atoms with Gasteiger partial charge in [-0.05, 0) is 63.6 Å². The highest BCUT2D eigenvalue weighted by molar-refractivity contribution is 6.03. The fraction of sp³-hybridized carbons (Fsp3) is 0.200. The molecule has 0 aliphatic carbocycles. The maximum Gasteiger partial charge on any atom is 0.278 e. The van der Waals surface area contributed by atoms with Crippen LogP contribution in [0.5, 0.6) is 0 Å². The lowest BCUT2D eigenvalue weighted by Crippen LogP contribution is -2.14. The third kappa shape index (κ3) is 3.54. The van der Waals surface area contributed by atoms with E-state index in [-0.39, 0.29) is 17.4 Å². The van der Waals surface area contributed by atoms with E-state index in [2.05, 4.69) is 15.5 Å². The minimum absolute atomic E-state index is 0.0184. The molecule has 0 bridgehead atoms. The summed E-state index contributed by atoms with van der Waals surface area (Å²) >= 11 is 0. The first-order chi connectivity index (χ1) is 12.3. The zero-order valence-corrected chi connectivity index (χ0v) is 15.2. The molecule has 3 rings (SSSR count). The van der Waals surface area contributed by atoms with Crippen molar-refractivity contribution >= 4 is 17.4 Å². The van der Waals surface area contributed by atoms with E-state index >= 15 is 0 Å². The van der Waals surface area contributed by atoms with Gasteiger partial charge in [-0.25, -0.2) is 0 Å². The Morgan fingerprint density at radius 3 is 2.27 bits per heavy atom. The number of anilines is 1. The Balaban J connectivity index is 1.84. The quantitative estimate of drug-likeness (QED) is 0.730. The third-order valence-electron chi connectivity index (χ3n) is 4.11. The van der Waals surface area contributed by atoms with Crippen molar-refractivity contribution < 1.29 is 9.59 Å². The van der Waals surface area contributed by atoms with Gasteiger partial charge in [0.1, 0.15) is 0 Å². The first kappa shape index (κ1) is 17.5. The van der Waals surface area contributed by atoms with Gasteiger partial charge >= 0.3 is 0 Å². The molecule has 0 unspecified atom stereocenters. The van der Waals surface area contributed by atoms with Crippen LogP contribution < -0.4 is 5.32 Å². The van der Waals surface area contributed by atoms with Crippen molar-refractivity contribution in [3.8, 4) is 5.69 Å². The van der Waals surface area contributed by atoms with Crippen LogP contribution >= 0.6 is 0 Å². The highest BCUT2D eigenvalue weighted by atomic mass is 16.2. The van der Waals surface area contributed by atoms with E-state index in [4.69, 9.17) is 0 Å². The number of hydrogen-bond donors (Lipinski definition) is 1. The van der Waals surface area contributed by atoms with Gasteiger partial charge in [-0.2, -0.15) is 9.90 Å². The number of nitrogens with zero attached hydrogens (tertiary/aromatic N) is 3. The van der Waals surface area contributed by atoms with Gasteiger partial charge in [-0.15, -0.1) is 5.10 Å². The first-order valence-electron chi connectivity index (χ1n) is 8.29. The average molecular weight is 348 g/mol. The van der Waals surface area contributed by atoms with Crippen molar-refractivity contribution in [3.63, 3.8) is 0 Å². The number of amides is 1. The third-order valence-corrected chi connectivity index (χ3v) is 4.11. The molecule has 1 N–H and O–H groups in total. The minimum Gasteiger partial charge on any atom is -0.321 e. The topological polar surface area (TPSA) is 76.9 Å². The van der Waals surface area contributed by atoms with E-state index in [1.165, 1.54) is 11.7 Å². The van der Waals surface area contributed by atoms with Gasteiger partial charge in [0.2, 0.25) is 0 Å². The van der Waals surface area contributed by atoms with E-state index in [1.54, 1.807) is 31.2 Å². The van der Waals surface area contributed by atoms with Crippen LogP contribution in [0.25, 0.3) is 5.69 Å². The van der Waals surface area contributed by atoms with E-state index in [1.807, 2.05) is 32.0 Å². The lowest BCUT2D eigenvalue weighted by Gasteiger charge is -2.05. The van der Waals surface area contributed by atoms with Crippen LogP contribution in [0.2, 0.25) is 0 Å². The number of nitrogens with one attached hydrogen (secondary N) is 1. The van der Waals surface area contributed by atoms with Gasteiger partial charge in [0, 0.05) is 11.3 Å². The van der Waals surface area contributed by atoms with Gasteiger partial charge in [-0.3, -0.25) is 9.59 Å². The summed E-state index contributed by atoms with van der Waals surface area (Å²) in [5.74, 6) is -0.357. The highest BCUT2D eigenvalue weighted by Gasteiger charge is 2.17. The fourth-order valence-electron chi connectivity index (χ4n) is 2.70. The van der Waals surface area contributed by atoms with Crippen molar-refractivity contribution in [2.45, 2.75) is 27.7 Å². The number of Topliss-reactive ketones (excluding diaryl/α,β-unsaturated/α-hetero) is 1. The fourth-order valence-corrected chi connectivity index (χ4v) is 2.70. The van der Waals surface area contributed by atoms with Gasteiger partial charge in [0.25, 0.3) is 5.91 Å². The number of benzene rings is 2. The van der Waals surface area contributed by atoms with Gasteiger partial charge in [0.05, 0.1) is 11.4 Å². The molecular weight excluding hydrogens is 328 g/mol. The molecule has 0 saturated carbocycles. The van der Waals surface area contributed by atoms with Crippen molar-refractivity contribution in [1.82, 2.24) is 15.0 Å². The normalized spacial score (nSPS) is 10.6. The largest absolute Gasteiger partial charge is 0.321 e. The van der Waals surface area contributed by atoms with Gasteiger partial charge in [-0.1, -0.05) is 17.7 Å². The van der Waals surface area contributed by atoms with Crippen LogP contribution in [0.3, 0.4) is 0 Å². The van der Waals surface area contributed by atoms with Crippen LogP contribution in [-0.2, 0) is 0 Å². The van der Waals surface area contributed by atoms with Crippen LogP contribution in [0.4, 0.5) is 5.69 Å². The number of carbonyl (C=O) groups is 2. The van der Waals surface area contributed by atoms with Crippen LogP contribution in [0, 0.1) is 20.8 Å². The summed E-state index contributed by atoms with van der Waals surface area (Å²) in [5, 5.41) is 11.5. The smallest absolute Gasteiger partial charge is 0.278 e.